The lowest BCUT2D eigenvalue weighted by Gasteiger charge is -2.25. The average Bonchev–Trinajstić information content (AvgIpc) is 3.60. The third-order valence-electron chi connectivity index (χ3n) is 6.08. The molecule has 1 aliphatic heterocycles. The summed E-state index contributed by atoms with van der Waals surface area (Å²) in [6.45, 7) is 0.430. The third kappa shape index (κ3) is 3.96. The summed E-state index contributed by atoms with van der Waals surface area (Å²) in [6.07, 6.45) is 0.889. The molecular formula is C30H21N3OS. The third-order valence-corrected chi connectivity index (χ3v) is 7.13. The van der Waals surface area contributed by atoms with Crippen LogP contribution in [0.4, 0.5) is 17.1 Å². The summed E-state index contributed by atoms with van der Waals surface area (Å²) in [6, 6.07) is 37.4. The number of carbonyl (C=O) groups excluding carboxylic acids is 1. The van der Waals surface area contributed by atoms with E-state index in [1.807, 2.05) is 24.3 Å². The summed E-state index contributed by atoms with van der Waals surface area (Å²) in [5.74, 6) is 0. The number of anilines is 3. The van der Waals surface area contributed by atoms with Gasteiger partial charge in [-0.2, -0.15) is 0 Å². The van der Waals surface area contributed by atoms with Crippen molar-refractivity contribution in [1.29, 1.82) is 0 Å². The zero-order valence-electron chi connectivity index (χ0n) is 18.8. The quantitative estimate of drug-likeness (QED) is 0.263. The van der Waals surface area contributed by atoms with Gasteiger partial charge in [-0.25, -0.2) is 0 Å². The average molecular weight is 472 g/mol. The Morgan fingerprint density at radius 3 is 1.80 bits per heavy atom. The van der Waals surface area contributed by atoms with E-state index in [-0.39, 0.29) is 0 Å². The molecule has 6 rings (SSSR count). The molecule has 5 aromatic rings. The molecule has 0 saturated heterocycles. The number of nitrogens with zero attached hydrogens (tertiary/aromatic N) is 3. The van der Waals surface area contributed by atoms with E-state index < -0.39 is 0 Å². The predicted octanol–water partition coefficient (Wildman–Crippen LogP) is 6.57. The Bertz CT molecular complexity index is 1590. The van der Waals surface area contributed by atoms with Gasteiger partial charge in [0.05, 0.1) is 15.6 Å². The Balaban J connectivity index is 1.40. The van der Waals surface area contributed by atoms with E-state index in [0.717, 1.165) is 55.6 Å². The van der Waals surface area contributed by atoms with Crippen LogP contribution in [0.3, 0.4) is 0 Å². The maximum Gasteiger partial charge on any atom is 0.160 e. The predicted molar refractivity (Wildman–Crippen MR) is 142 cm³/mol. The van der Waals surface area contributed by atoms with Crippen LogP contribution in [0.5, 0.6) is 0 Å². The number of fused-ring (bicyclic) bond motifs is 1. The smallest absolute Gasteiger partial charge is 0.160 e. The lowest BCUT2D eigenvalue weighted by atomic mass is 10.0. The summed E-state index contributed by atoms with van der Waals surface area (Å²) < 4.78 is 0. The first kappa shape index (κ1) is 21.2. The minimum Gasteiger partial charge on any atom is -0.311 e. The Morgan fingerprint density at radius 2 is 1.20 bits per heavy atom. The normalized spacial score (nSPS) is 11.9. The van der Waals surface area contributed by atoms with Crippen molar-refractivity contribution in [3.05, 3.63) is 125 Å². The van der Waals surface area contributed by atoms with Crippen molar-refractivity contribution < 1.29 is 4.79 Å². The second-order valence-corrected chi connectivity index (χ2v) is 9.30. The van der Waals surface area contributed by atoms with E-state index >= 15 is 0 Å². The largest absolute Gasteiger partial charge is 0.311 e. The van der Waals surface area contributed by atoms with E-state index in [2.05, 4.69) is 94.8 Å². The van der Waals surface area contributed by atoms with Gasteiger partial charge in [-0.3, -0.25) is 14.8 Å². The molecule has 4 aromatic carbocycles. The monoisotopic (exact) mass is 471 g/mol. The van der Waals surface area contributed by atoms with E-state index in [1.54, 1.807) is 0 Å². The molecule has 2 heterocycles. The number of carbonyl (C=O) groups is 1. The van der Waals surface area contributed by atoms with Crippen LogP contribution in [0, 0.1) is 0 Å². The number of hydrogen-bond acceptors (Lipinski definition) is 5. The lowest BCUT2D eigenvalue weighted by Crippen LogP contribution is -2.26. The molecular weight excluding hydrogens is 450 g/mol. The van der Waals surface area contributed by atoms with Gasteiger partial charge in [-0.05, 0) is 54.1 Å². The molecule has 0 N–H and O–H groups in total. The zero-order chi connectivity index (χ0) is 23.6. The van der Waals surface area contributed by atoms with Gasteiger partial charge in [0.1, 0.15) is 6.67 Å². The van der Waals surface area contributed by atoms with Crippen LogP contribution in [0.15, 0.2) is 119 Å². The Hall–Kier alpha value is -4.35. The van der Waals surface area contributed by atoms with Crippen molar-refractivity contribution in [2.24, 2.45) is 9.98 Å². The number of benzene rings is 4. The minimum atomic E-state index is 0.430. The van der Waals surface area contributed by atoms with Crippen molar-refractivity contribution in [3.8, 4) is 21.6 Å². The molecule has 0 bridgehead atoms. The van der Waals surface area contributed by atoms with Gasteiger partial charge in [0, 0.05) is 33.1 Å². The fourth-order valence-electron chi connectivity index (χ4n) is 4.46. The Labute approximate surface area is 207 Å². The molecule has 0 radical (unpaired) electrons. The summed E-state index contributed by atoms with van der Waals surface area (Å²) >= 11 is 1.48. The van der Waals surface area contributed by atoms with E-state index in [9.17, 15) is 4.79 Å². The van der Waals surface area contributed by atoms with E-state index in [1.165, 1.54) is 11.3 Å². The van der Waals surface area contributed by atoms with Crippen LogP contribution in [0.2, 0.25) is 0 Å². The SMILES string of the molecule is O=Cc1ccc(-c2ccc(-c3ccc(N(c4ccccc4)c4ccccc4)cc3)c3c2=NCN=3)s1. The molecule has 1 aromatic heterocycles. The molecule has 0 saturated carbocycles. The van der Waals surface area contributed by atoms with Gasteiger partial charge in [0.25, 0.3) is 0 Å². The molecule has 0 atom stereocenters. The van der Waals surface area contributed by atoms with Gasteiger partial charge < -0.3 is 4.90 Å². The highest BCUT2D eigenvalue weighted by Gasteiger charge is 2.15. The molecule has 0 aliphatic carbocycles. The topological polar surface area (TPSA) is 45.0 Å². The van der Waals surface area contributed by atoms with Crippen LogP contribution in [-0.4, -0.2) is 13.0 Å². The first-order valence-corrected chi connectivity index (χ1v) is 12.2. The maximum atomic E-state index is 11.1. The number of rotatable bonds is 6. The van der Waals surface area contributed by atoms with Crippen molar-refractivity contribution in [1.82, 2.24) is 0 Å². The molecule has 0 fully saturated rings. The molecule has 1 aliphatic rings. The van der Waals surface area contributed by atoms with Gasteiger partial charge in [-0.15, -0.1) is 11.3 Å². The second kappa shape index (κ2) is 9.12. The summed E-state index contributed by atoms with van der Waals surface area (Å²) in [7, 11) is 0. The maximum absolute atomic E-state index is 11.1. The Kier molecular flexibility index (Phi) is 5.53. The molecule has 4 nitrogen and oxygen atoms in total. The van der Waals surface area contributed by atoms with Gasteiger partial charge in [0.15, 0.2) is 6.29 Å². The van der Waals surface area contributed by atoms with Crippen LogP contribution < -0.4 is 15.6 Å². The lowest BCUT2D eigenvalue weighted by molar-refractivity contribution is 0.112. The van der Waals surface area contributed by atoms with Crippen LogP contribution in [-0.2, 0) is 0 Å². The first-order valence-electron chi connectivity index (χ1n) is 11.4. The molecule has 168 valence electrons. The Morgan fingerprint density at radius 1 is 0.629 bits per heavy atom. The summed E-state index contributed by atoms with van der Waals surface area (Å²) in [4.78, 5) is 24.5. The highest BCUT2D eigenvalue weighted by molar-refractivity contribution is 7.17. The summed E-state index contributed by atoms with van der Waals surface area (Å²) in [5.41, 5.74) is 6.49. The standard InChI is InChI=1S/C30H21N3OS/c34-19-25-15-18-28(35-25)27-17-16-26(29-30(27)32-20-31-29)21-11-13-24(14-12-21)33(22-7-3-1-4-8-22)23-9-5-2-6-10-23/h1-19H,20H2. The van der Waals surface area contributed by atoms with Gasteiger partial charge >= 0.3 is 0 Å². The van der Waals surface area contributed by atoms with Crippen LogP contribution in [0.25, 0.3) is 21.6 Å². The van der Waals surface area contributed by atoms with E-state index in [0.29, 0.717) is 11.5 Å². The molecule has 0 unspecified atom stereocenters. The first-order chi connectivity index (χ1) is 17.3. The zero-order valence-corrected chi connectivity index (χ0v) is 19.7. The van der Waals surface area contributed by atoms with E-state index in [4.69, 9.17) is 4.99 Å². The van der Waals surface area contributed by atoms with Crippen molar-refractivity contribution >= 4 is 34.7 Å². The molecule has 0 amide bonds. The number of para-hydroxylation sites is 2. The number of aldehydes is 1. The van der Waals surface area contributed by atoms with Crippen molar-refractivity contribution in [3.63, 3.8) is 0 Å². The minimum absolute atomic E-state index is 0.430. The molecule has 5 heteroatoms. The fourth-order valence-corrected chi connectivity index (χ4v) is 5.31. The highest BCUT2D eigenvalue weighted by Crippen LogP contribution is 2.35. The van der Waals surface area contributed by atoms with Crippen LogP contribution >= 0.6 is 11.3 Å². The number of thiophene rings is 1. The van der Waals surface area contributed by atoms with Gasteiger partial charge in [-0.1, -0.05) is 60.7 Å². The molecule has 0 spiro atoms. The fraction of sp³-hybridized carbons (Fsp3) is 0.0333. The van der Waals surface area contributed by atoms with Crippen LogP contribution in [0.1, 0.15) is 9.67 Å². The van der Waals surface area contributed by atoms with Gasteiger partial charge in [0.2, 0.25) is 0 Å². The summed E-state index contributed by atoms with van der Waals surface area (Å²) in [5, 5.41) is 1.82. The van der Waals surface area contributed by atoms with Crippen molar-refractivity contribution in [2.75, 3.05) is 11.6 Å². The second-order valence-electron chi connectivity index (χ2n) is 8.19. The highest BCUT2D eigenvalue weighted by atomic mass is 32.1. The molecule has 35 heavy (non-hydrogen) atoms. The number of hydrogen-bond donors (Lipinski definition) is 0. The van der Waals surface area contributed by atoms with Crippen molar-refractivity contribution in [2.45, 2.75) is 0 Å².